The number of unbranched alkanes of at least 4 members (excludes halogenated alkanes) is 4. The zero-order chi connectivity index (χ0) is 28.0. The molecule has 1 aromatic carbocycles. The Balaban J connectivity index is 0.00000441. The molecule has 0 aliphatic carbocycles. The highest BCUT2D eigenvalue weighted by molar-refractivity contribution is 7.90. The van der Waals surface area contributed by atoms with Gasteiger partial charge in [0.1, 0.15) is 24.4 Å². The number of likely N-dealkylation sites (tertiary alicyclic amines) is 1. The average molecular weight is 605 g/mol. The van der Waals surface area contributed by atoms with Crippen LogP contribution >= 0.6 is 12.4 Å². The molecule has 0 radical (unpaired) electrons. The number of halogens is 1. The lowest BCUT2D eigenvalue weighted by Crippen LogP contribution is -2.50. The summed E-state index contributed by atoms with van der Waals surface area (Å²) in [4.78, 5) is 15.1. The molecule has 10 nitrogen and oxygen atoms in total. The van der Waals surface area contributed by atoms with Crippen LogP contribution in [0.5, 0.6) is 0 Å². The maximum absolute atomic E-state index is 13.0. The Bertz CT molecular complexity index is 1050. The number of carbonyl (C=O) groups excluding carboxylic acids is 1. The number of nitrogens with one attached hydrogen (secondary N) is 1. The molecule has 0 saturated carbocycles. The van der Waals surface area contributed by atoms with Gasteiger partial charge in [0.15, 0.2) is 12.1 Å². The van der Waals surface area contributed by atoms with Crippen molar-refractivity contribution in [1.29, 1.82) is 0 Å². The number of benzene rings is 1. The third-order valence-electron chi connectivity index (χ3n) is 7.40. The van der Waals surface area contributed by atoms with Crippen LogP contribution in [-0.4, -0.2) is 82.1 Å². The van der Waals surface area contributed by atoms with E-state index >= 15 is 0 Å². The highest BCUT2D eigenvalue weighted by atomic mass is 35.5. The first-order chi connectivity index (χ1) is 18.6. The van der Waals surface area contributed by atoms with Crippen LogP contribution in [-0.2, 0) is 33.7 Å². The van der Waals surface area contributed by atoms with Crippen LogP contribution in [0.3, 0.4) is 0 Å². The third-order valence-corrected chi connectivity index (χ3v) is 8.72. The SMILES string of the molecule is CCCCCCCO[C@@H]1[C@H]2OC(C)(C)O[C@H]2O[C@@H]1C(CN1CCCC1)OC(=O)NS(=O)(=O)c1ccc(C)cc1.Cl. The van der Waals surface area contributed by atoms with E-state index in [0.29, 0.717) is 13.2 Å². The summed E-state index contributed by atoms with van der Waals surface area (Å²) in [7, 11) is -4.10. The van der Waals surface area contributed by atoms with Crippen LogP contribution in [0.4, 0.5) is 4.79 Å². The van der Waals surface area contributed by atoms with E-state index in [2.05, 4.69) is 16.5 Å². The van der Waals surface area contributed by atoms with Crippen molar-refractivity contribution in [2.45, 2.75) is 114 Å². The summed E-state index contributed by atoms with van der Waals surface area (Å²) in [6.45, 7) is 10.3. The Labute approximate surface area is 244 Å². The molecule has 0 aromatic heterocycles. The molecule has 1 unspecified atom stereocenters. The summed E-state index contributed by atoms with van der Waals surface area (Å²) in [6, 6.07) is 6.25. The predicted octanol–water partition coefficient (Wildman–Crippen LogP) is 4.53. The summed E-state index contributed by atoms with van der Waals surface area (Å²) < 4.78 is 58.2. The van der Waals surface area contributed by atoms with Crippen molar-refractivity contribution in [2.24, 2.45) is 0 Å². The number of hydrogen-bond acceptors (Lipinski definition) is 9. The largest absolute Gasteiger partial charge is 0.441 e. The van der Waals surface area contributed by atoms with Gasteiger partial charge in [0.05, 0.1) is 4.90 Å². The summed E-state index contributed by atoms with van der Waals surface area (Å²) >= 11 is 0. The van der Waals surface area contributed by atoms with Crippen LogP contribution in [0.25, 0.3) is 0 Å². The first-order valence-corrected chi connectivity index (χ1v) is 15.7. The monoisotopic (exact) mass is 604 g/mol. The number of fused-ring (bicyclic) bond motifs is 1. The van der Waals surface area contributed by atoms with Gasteiger partial charge in [-0.15, -0.1) is 12.4 Å². The van der Waals surface area contributed by atoms with Gasteiger partial charge in [-0.3, -0.25) is 4.90 Å². The van der Waals surface area contributed by atoms with Gasteiger partial charge >= 0.3 is 6.09 Å². The Hall–Kier alpha value is -1.47. The van der Waals surface area contributed by atoms with Gasteiger partial charge < -0.3 is 23.7 Å². The number of amides is 1. The normalized spacial score (nSPS) is 26.7. The lowest BCUT2D eigenvalue weighted by molar-refractivity contribution is -0.230. The van der Waals surface area contributed by atoms with Gasteiger partial charge in [0.2, 0.25) is 0 Å². The number of rotatable bonds is 13. The van der Waals surface area contributed by atoms with Crippen LogP contribution in [0.15, 0.2) is 29.2 Å². The van der Waals surface area contributed by atoms with Gasteiger partial charge in [-0.25, -0.2) is 17.9 Å². The molecule has 3 heterocycles. The van der Waals surface area contributed by atoms with E-state index in [4.69, 9.17) is 23.7 Å². The second-order valence-electron chi connectivity index (χ2n) is 11.2. The van der Waals surface area contributed by atoms with Crippen molar-refractivity contribution >= 4 is 28.5 Å². The van der Waals surface area contributed by atoms with E-state index in [1.54, 1.807) is 12.1 Å². The van der Waals surface area contributed by atoms with Crippen molar-refractivity contribution in [2.75, 3.05) is 26.2 Å². The molecule has 5 atom stereocenters. The topological polar surface area (TPSA) is 113 Å². The van der Waals surface area contributed by atoms with Crippen molar-refractivity contribution in [3.63, 3.8) is 0 Å². The summed E-state index contributed by atoms with van der Waals surface area (Å²) in [5.41, 5.74) is 0.912. The maximum atomic E-state index is 13.0. The summed E-state index contributed by atoms with van der Waals surface area (Å²) in [5, 5.41) is 0. The van der Waals surface area contributed by atoms with Crippen LogP contribution in [0.1, 0.15) is 71.3 Å². The fraction of sp³-hybridized carbons (Fsp3) is 0.750. The molecular formula is C28H45ClN2O8S. The zero-order valence-corrected chi connectivity index (χ0v) is 25.6. The summed E-state index contributed by atoms with van der Waals surface area (Å²) in [5.74, 6) is -0.826. The highest BCUT2D eigenvalue weighted by Crippen LogP contribution is 2.40. The molecule has 1 amide bonds. The molecule has 0 spiro atoms. The Kier molecular flexibility index (Phi) is 12.1. The lowest BCUT2D eigenvalue weighted by atomic mass is 10.0. The Morgan fingerprint density at radius 2 is 1.77 bits per heavy atom. The zero-order valence-electron chi connectivity index (χ0n) is 24.0. The molecule has 3 aliphatic rings. The lowest BCUT2D eigenvalue weighted by Gasteiger charge is -2.32. The van der Waals surface area contributed by atoms with Gasteiger partial charge in [-0.2, -0.15) is 0 Å². The first kappa shape index (κ1) is 33.0. The molecule has 3 fully saturated rings. The molecule has 1 N–H and O–H groups in total. The molecule has 4 rings (SSSR count). The molecular weight excluding hydrogens is 560 g/mol. The molecule has 3 saturated heterocycles. The van der Waals surface area contributed by atoms with Gasteiger partial charge in [0, 0.05) is 13.2 Å². The first-order valence-electron chi connectivity index (χ1n) is 14.2. The van der Waals surface area contributed by atoms with Crippen LogP contribution in [0, 0.1) is 6.92 Å². The van der Waals surface area contributed by atoms with Crippen molar-refractivity contribution < 1.29 is 36.9 Å². The van der Waals surface area contributed by atoms with E-state index in [1.165, 1.54) is 25.0 Å². The molecule has 3 aliphatic heterocycles. The van der Waals surface area contributed by atoms with Crippen LogP contribution in [0.2, 0.25) is 0 Å². The third kappa shape index (κ3) is 8.77. The maximum Gasteiger partial charge on any atom is 0.421 e. The standard InChI is InChI=1S/C28H44N2O8S.ClH/c1-5-6-7-8-11-18-34-24-23(36-26-25(24)37-28(3,4)38-26)22(19-30-16-9-10-17-30)35-27(31)29-39(32,33)21-14-12-20(2)13-15-21;/h12-15,22-26H,5-11,16-19H2,1-4H3,(H,29,31);1H/t22?,23-,24+,25-,26-;/m1./s1. The molecule has 40 heavy (non-hydrogen) atoms. The minimum atomic E-state index is -4.10. The number of aryl methyl sites for hydroxylation is 1. The highest BCUT2D eigenvalue weighted by Gasteiger charge is 2.58. The summed E-state index contributed by atoms with van der Waals surface area (Å²) in [6.07, 6.45) is 3.38. The molecule has 0 bridgehead atoms. The van der Waals surface area contributed by atoms with Crippen molar-refractivity contribution in [3.8, 4) is 0 Å². The number of nitrogens with zero attached hydrogens (tertiary/aromatic N) is 1. The number of ether oxygens (including phenoxy) is 5. The molecule has 228 valence electrons. The van der Waals surface area contributed by atoms with Crippen molar-refractivity contribution in [1.82, 2.24) is 9.62 Å². The number of hydrogen-bond donors (Lipinski definition) is 1. The Morgan fingerprint density at radius 3 is 2.45 bits per heavy atom. The number of carbonyl (C=O) groups is 1. The van der Waals surface area contributed by atoms with E-state index in [9.17, 15) is 13.2 Å². The minimum Gasteiger partial charge on any atom is -0.441 e. The predicted molar refractivity (Wildman–Crippen MR) is 152 cm³/mol. The quantitative estimate of drug-likeness (QED) is 0.325. The Morgan fingerprint density at radius 1 is 1.10 bits per heavy atom. The van der Waals surface area contributed by atoms with Crippen molar-refractivity contribution in [3.05, 3.63) is 29.8 Å². The second-order valence-corrected chi connectivity index (χ2v) is 12.9. The van der Waals surface area contributed by atoms with E-state index in [0.717, 1.165) is 50.8 Å². The van der Waals surface area contributed by atoms with Crippen LogP contribution < -0.4 is 4.72 Å². The molecule has 1 aromatic rings. The van der Waals surface area contributed by atoms with E-state index in [-0.39, 0.29) is 17.3 Å². The fourth-order valence-electron chi connectivity index (χ4n) is 5.39. The van der Waals surface area contributed by atoms with Gasteiger partial charge in [0.25, 0.3) is 10.0 Å². The second kappa shape index (κ2) is 14.6. The number of sulfonamides is 1. The van der Waals surface area contributed by atoms with Gasteiger partial charge in [-0.1, -0.05) is 50.3 Å². The minimum absolute atomic E-state index is 0. The average Bonchev–Trinajstić information content (AvgIpc) is 3.56. The molecule has 12 heteroatoms. The van der Waals surface area contributed by atoms with E-state index < -0.39 is 52.6 Å². The van der Waals surface area contributed by atoms with Gasteiger partial charge in [-0.05, 0) is 65.3 Å². The van der Waals surface area contributed by atoms with E-state index in [1.807, 2.05) is 20.8 Å². The fourth-order valence-corrected chi connectivity index (χ4v) is 6.27. The smallest absolute Gasteiger partial charge is 0.421 e.